The monoisotopic (exact) mass is 199 g/mol. The Morgan fingerprint density at radius 2 is 2.23 bits per heavy atom. The van der Waals surface area contributed by atoms with Crippen LogP contribution >= 0.6 is 11.8 Å². The van der Waals surface area contributed by atoms with Gasteiger partial charge >= 0.3 is 0 Å². The number of rotatable bonds is 5. The van der Waals surface area contributed by atoms with Crippen molar-refractivity contribution in [3.8, 4) is 0 Å². The molecule has 0 radical (unpaired) electrons. The molecule has 1 nitrogen and oxygen atoms in total. The maximum atomic E-state index is 3.67. The molecule has 1 saturated heterocycles. The average Bonchev–Trinajstić information content (AvgIpc) is 2.84. The van der Waals surface area contributed by atoms with Gasteiger partial charge in [-0.25, -0.2) is 0 Å². The summed E-state index contributed by atoms with van der Waals surface area (Å²) < 4.78 is 0. The number of hydrogen-bond donors (Lipinski definition) is 1. The SMILES string of the molecule is CC1CC(NCCCC2CC2)CS1. The first-order valence-corrected chi connectivity index (χ1v) is 6.74. The number of nitrogens with one attached hydrogen (secondary N) is 1. The van der Waals surface area contributed by atoms with Gasteiger partial charge in [-0.15, -0.1) is 0 Å². The molecule has 76 valence electrons. The van der Waals surface area contributed by atoms with E-state index in [2.05, 4.69) is 24.0 Å². The van der Waals surface area contributed by atoms with Crippen LogP contribution < -0.4 is 5.32 Å². The molecule has 0 aromatic heterocycles. The highest BCUT2D eigenvalue weighted by Crippen LogP contribution is 2.33. The molecule has 1 N–H and O–H groups in total. The zero-order chi connectivity index (χ0) is 9.10. The zero-order valence-electron chi connectivity index (χ0n) is 8.59. The molecule has 2 aliphatic rings. The summed E-state index contributed by atoms with van der Waals surface area (Å²) in [4.78, 5) is 0. The summed E-state index contributed by atoms with van der Waals surface area (Å²) in [7, 11) is 0. The summed E-state index contributed by atoms with van der Waals surface area (Å²) in [6.07, 6.45) is 7.28. The molecule has 2 heteroatoms. The van der Waals surface area contributed by atoms with Gasteiger partial charge < -0.3 is 5.32 Å². The second-order valence-corrected chi connectivity index (χ2v) is 6.09. The highest BCUT2D eigenvalue weighted by atomic mass is 32.2. The molecule has 1 heterocycles. The molecule has 0 amide bonds. The third-order valence-corrected chi connectivity index (χ3v) is 4.47. The third kappa shape index (κ3) is 3.51. The van der Waals surface area contributed by atoms with Crippen LogP contribution in [0.5, 0.6) is 0 Å². The van der Waals surface area contributed by atoms with E-state index in [9.17, 15) is 0 Å². The van der Waals surface area contributed by atoms with Gasteiger partial charge in [0, 0.05) is 17.0 Å². The summed E-state index contributed by atoms with van der Waals surface area (Å²) in [6, 6.07) is 0.819. The predicted molar refractivity (Wildman–Crippen MR) is 60.3 cm³/mol. The first kappa shape index (κ1) is 9.85. The van der Waals surface area contributed by atoms with Crippen molar-refractivity contribution in [3.05, 3.63) is 0 Å². The highest BCUT2D eigenvalue weighted by Gasteiger charge is 2.22. The lowest BCUT2D eigenvalue weighted by Gasteiger charge is -2.10. The molecule has 13 heavy (non-hydrogen) atoms. The average molecular weight is 199 g/mol. The second kappa shape index (κ2) is 4.70. The Morgan fingerprint density at radius 1 is 1.38 bits per heavy atom. The molecular formula is C11H21NS. The standard InChI is InChI=1S/C11H21NS/c1-9-7-11(8-13-9)12-6-2-3-10-4-5-10/h9-12H,2-8H2,1H3. The smallest absolute Gasteiger partial charge is 0.0168 e. The van der Waals surface area contributed by atoms with Crippen LogP contribution in [0.25, 0.3) is 0 Å². The van der Waals surface area contributed by atoms with Gasteiger partial charge in [-0.05, 0) is 31.7 Å². The summed E-state index contributed by atoms with van der Waals surface area (Å²) in [5, 5.41) is 4.56. The van der Waals surface area contributed by atoms with Crippen molar-refractivity contribution in [2.75, 3.05) is 12.3 Å². The van der Waals surface area contributed by atoms with E-state index in [1.165, 1.54) is 44.4 Å². The Bertz CT molecular complexity index is 156. The van der Waals surface area contributed by atoms with E-state index in [-0.39, 0.29) is 0 Å². The molecule has 2 rings (SSSR count). The van der Waals surface area contributed by atoms with E-state index in [0.717, 1.165) is 17.2 Å². The first-order valence-electron chi connectivity index (χ1n) is 5.69. The van der Waals surface area contributed by atoms with Gasteiger partial charge in [-0.2, -0.15) is 11.8 Å². The normalized spacial score (nSPS) is 33.9. The van der Waals surface area contributed by atoms with Gasteiger partial charge in [0.05, 0.1) is 0 Å². The molecule has 0 bridgehead atoms. The van der Waals surface area contributed by atoms with Gasteiger partial charge in [0.2, 0.25) is 0 Å². The Morgan fingerprint density at radius 3 is 2.85 bits per heavy atom. The minimum atomic E-state index is 0.819. The molecule has 1 aliphatic carbocycles. The van der Waals surface area contributed by atoms with Crippen LogP contribution in [0, 0.1) is 5.92 Å². The van der Waals surface area contributed by atoms with Gasteiger partial charge in [0.15, 0.2) is 0 Å². The van der Waals surface area contributed by atoms with E-state index in [1.54, 1.807) is 0 Å². The number of hydrogen-bond acceptors (Lipinski definition) is 2. The maximum Gasteiger partial charge on any atom is 0.0168 e. The van der Waals surface area contributed by atoms with Crippen LogP contribution in [0.1, 0.15) is 39.0 Å². The molecule has 1 aliphatic heterocycles. The van der Waals surface area contributed by atoms with Crippen molar-refractivity contribution in [2.24, 2.45) is 5.92 Å². The fourth-order valence-electron chi connectivity index (χ4n) is 2.06. The quantitative estimate of drug-likeness (QED) is 0.683. The van der Waals surface area contributed by atoms with E-state index in [1.807, 2.05) is 0 Å². The molecule has 0 aromatic carbocycles. The fraction of sp³-hybridized carbons (Fsp3) is 1.00. The van der Waals surface area contributed by atoms with Crippen LogP contribution in [0.3, 0.4) is 0 Å². The first-order chi connectivity index (χ1) is 6.34. The van der Waals surface area contributed by atoms with E-state index < -0.39 is 0 Å². The van der Waals surface area contributed by atoms with Crippen molar-refractivity contribution >= 4 is 11.8 Å². The summed E-state index contributed by atoms with van der Waals surface area (Å²) in [5.41, 5.74) is 0. The minimum absolute atomic E-state index is 0.819. The molecule has 2 unspecified atom stereocenters. The largest absolute Gasteiger partial charge is 0.313 e. The Labute approximate surface area is 86.0 Å². The van der Waals surface area contributed by atoms with Crippen molar-refractivity contribution in [2.45, 2.75) is 50.3 Å². The fourth-order valence-corrected chi connectivity index (χ4v) is 3.25. The van der Waals surface area contributed by atoms with Crippen LogP contribution in [0.4, 0.5) is 0 Å². The van der Waals surface area contributed by atoms with Gasteiger partial charge in [0.25, 0.3) is 0 Å². The van der Waals surface area contributed by atoms with Crippen LogP contribution in [0.15, 0.2) is 0 Å². The van der Waals surface area contributed by atoms with E-state index in [4.69, 9.17) is 0 Å². The molecule has 2 fully saturated rings. The molecular weight excluding hydrogens is 178 g/mol. The lowest BCUT2D eigenvalue weighted by molar-refractivity contribution is 0.511. The van der Waals surface area contributed by atoms with Crippen LogP contribution in [0.2, 0.25) is 0 Å². The van der Waals surface area contributed by atoms with Gasteiger partial charge in [0.1, 0.15) is 0 Å². The minimum Gasteiger partial charge on any atom is -0.313 e. The molecule has 0 aromatic rings. The highest BCUT2D eigenvalue weighted by molar-refractivity contribution is 8.00. The Balaban J connectivity index is 1.47. The Hall–Kier alpha value is 0.310. The summed E-state index contributed by atoms with van der Waals surface area (Å²) in [5.74, 6) is 2.45. The third-order valence-electron chi connectivity index (χ3n) is 3.12. The summed E-state index contributed by atoms with van der Waals surface area (Å²) in [6.45, 7) is 3.60. The van der Waals surface area contributed by atoms with Crippen molar-refractivity contribution in [1.29, 1.82) is 0 Å². The molecule has 2 atom stereocenters. The van der Waals surface area contributed by atoms with Crippen molar-refractivity contribution in [3.63, 3.8) is 0 Å². The predicted octanol–water partition coefficient (Wildman–Crippen LogP) is 2.66. The molecule has 0 spiro atoms. The van der Waals surface area contributed by atoms with Crippen LogP contribution in [-0.4, -0.2) is 23.6 Å². The van der Waals surface area contributed by atoms with E-state index >= 15 is 0 Å². The van der Waals surface area contributed by atoms with Gasteiger partial charge in [-0.1, -0.05) is 19.8 Å². The zero-order valence-corrected chi connectivity index (χ0v) is 9.41. The van der Waals surface area contributed by atoms with Gasteiger partial charge in [-0.3, -0.25) is 0 Å². The van der Waals surface area contributed by atoms with Crippen molar-refractivity contribution in [1.82, 2.24) is 5.32 Å². The second-order valence-electron chi connectivity index (χ2n) is 4.62. The number of thioether (sulfide) groups is 1. The Kier molecular flexibility index (Phi) is 3.56. The van der Waals surface area contributed by atoms with Crippen LogP contribution in [-0.2, 0) is 0 Å². The van der Waals surface area contributed by atoms with E-state index in [0.29, 0.717) is 0 Å². The maximum absolute atomic E-state index is 3.67. The summed E-state index contributed by atoms with van der Waals surface area (Å²) >= 11 is 2.12. The lowest BCUT2D eigenvalue weighted by atomic mass is 10.2. The lowest BCUT2D eigenvalue weighted by Crippen LogP contribution is -2.29. The topological polar surface area (TPSA) is 12.0 Å². The van der Waals surface area contributed by atoms with Crippen molar-refractivity contribution < 1.29 is 0 Å². The molecule has 1 saturated carbocycles.